The molecule has 0 spiro atoms. The van der Waals surface area contributed by atoms with Crippen molar-refractivity contribution in [1.29, 1.82) is 0 Å². The van der Waals surface area contributed by atoms with Gasteiger partial charge in [0.25, 0.3) is 0 Å². The molecule has 0 fully saturated rings. The predicted octanol–water partition coefficient (Wildman–Crippen LogP) is 4.39. The Kier molecular flexibility index (Phi) is 5.42. The molecule has 0 unspecified atom stereocenters. The van der Waals surface area contributed by atoms with Gasteiger partial charge < -0.3 is 11.1 Å². The molecule has 2 heterocycles. The van der Waals surface area contributed by atoms with Crippen LogP contribution in [0.1, 0.15) is 47.5 Å². The highest BCUT2D eigenvalue weighted by Crippen LogP contribution is 2.36. The number of hydrogen-bond acceptors (Lipinski definition) is 5. The van der Waals surface area contributed by atoms with Crippen LogP contribution >= 0.6 is 0 Å². The number of hydrogen-bond donors (Lipinski definition) is 2. The summed E-state index contributed by atoms with van der Waals surface area (Å²) >= 11 is 0. The fourth-order valence-electron chi connectivity index (χ4n) is 3.03. The first kappa shape index (κ1) is 18.2. The van der Waals surface area contributed by atoms with Crippen molar-refractivity contribution in [3.8, 4) is 11.3 Å². The summed E-state index contributed by atoms with van der Waals surface area (Å²) in [5, 5.41) is 3.43. The number of nitrogens with one attached hydrogen (secondary N) is 1. The van der Waals surface area contributed by atoms with E-state index in [0.717, 1.165) is 30.0 Å². The second-order valence-corrected chi connectivity index (χ2v) is 7.95. The normalized spacial score (nSPS) is 12.2. The van der Waals surface area contributed by atoms with E-state index in [0.29, 0.717) is 5.41 Å². The lowest BCUT2D eigenvalue weighted by molar-refractivity contribution is 0.199. The van der Waals surface area contributed by atoms with Gasteiger partial charge in [0.05, 0.1) is 5.69 Å². The molecule has 2 aromatic heterocycles. The summed E-state index contributed by atoms with van der Waals surface area (Å²) in [6.07, 6.45) is 5.83. The van der Waals surface area contributed by atoms with Gasteiger partial charge in [0.15, 0.2) is 0 Å². The van der Waals surface area contributed by atoms with E-state index in [1.807, 2.05) is 18.2 Å². The number of rotatable bonds is 7. The minimum Gasteiger partial charge on any atom is -0.369 e. The average Bonchev–Trinajstić information content (AvgIpc) is 2.52. The van der Waals surface area contributed by atoms with Crippen LogP contribution in [-0.2, 0) is 0 Å². The molecule has 3 N–H and O–H groups in total. The zero-order valence-electron chi connectivity index (χ0n) is 15.4. The minimum absolute atomic E-state index is 0.160. The molecule has 0 saturated carbocycles. The Morgan fingerprint density at radius 2 is 1.88 bits per heavy atom. The summed E-state index contributed by atoms with van der Waals surface area (Å²) in [6, 6.07) is 5.78. The maximum absolute atomic E-state index is 5.88. The molecule has 0 atom stereocenters. The predicted molar refractivity (Wildman–Crippen MR) is 101 cm³/mol. The van der Waals surface area contributed by atoms with E-state index in [2.05, 4.69) is 54.9 Å². The monoisotopic (exact) mass is 327 g/mol. The van der Waals surface area contributed by atoms with Crippen molar-refractivity contribution < 1.29 is 0 Å². The highest BCUT2D eigenvalue weighted by atomic mass is 15.1. The molecule has 0 aliphatic rings. The maximum Gasteiger partial charge on any atom is 0.222 e. The van der Waals surface area contributed by atoms with Gasteiger partial charge in [-0.25, -0.2) is 4.98 Å². The Balaban J connectivity index is 2.12. The van der Waals surface area contributed by atoms with Crippen LogP contribution in [0.2, 0.25) is 0 Å². The third kappa shape index (κ3) is 5.18. The first-order valence-corrected chi connectivity index (χ1v) is 8.50. The van der Waals surface area contributed by atoms with Gasteiger partial charge in [-0.3, -0.25) is 4.98 Å². The summed E-state index contributed by atoms with van der Waals surface area (Å²) in [7, 11) is 0. The summed E-state index contributed by atoms with van der Waals surface area (Å²) < 4.78 is 0. The minimum atomic E-state index is 0.160. The van der Waals surface area contributed by atoms with Crippen molar-refractivity contribution in [1.82, 2.24) is 15.0 Å². The average molecular weight is 327 g/mol. The van der Waals surface area contributed by atoms with Gasteiger partial charge in [0.2, 0.25) is 5.95 Å². The van der Waals surface area contributed by atoms with Gasteiger partial charge in [-0.1, -0.05) is 41.0 Å². The van der Waals surface area contributed by atoms with Crippen LogP contribution in [0, 0.1) is 10.8 Å². The molecule has 0 amide bonds. The maximum atomic E-state index is 5.88. The van der Waals surface area contributed by atoms with Crippen molar-refractivity contribution in [2.24, 2.45) is 10.8 Å². The molecule has 0 aromatic carbocycles. The lowest BCUT2D eigenvalue weighted by Gasteiger charge is -2.34. The van der Waals surface area contributed by atoms with E-state index in [1.54, 1.807) is 12.4 Å². The van der Waals surface area contributed by atoms with Gasteiger partial charge in [-0.15, -0.1) is 0 Å². The topological polar surface area (TPSA) is 76.7 Å². The number of pyridine rings is 1. The molecule has 5 heteroatoms. The summed E-state index contributed by atoms with van der Waals surface area (Å²) in [4.78, 5) is 12.8. The lowest BCUT2D eigenvalue weighted by Crippen LogP contribution is -2.29. The van der Waals surface area contributed by atoms with Crippen molar-refractivity contribution in [3.63, 3.8) is 0 Å². The van der Waals surface area contributed by atoms with E-state index >= 15 is 0 Å². The van der Waals surface area contributed by atoms with Crippen LogP contribution in [-0.4, -0.2) is 21.5 Å². The molecule has 0 radical (unpaired) electrons. The Morgan fingerprint density at radius 3 is 2.50 bits per heavy atom. The van der Waals surface area contributed by atoms with Crippen molar-refractivity contribution in [2.45, 2.75) is 47.5 Å². The van der Waals surface area contributed by atoms with Crippen molar-refractivity contribution >= 4 is 11.8 Å². The Morgan fingerprint density at radius 1 is 1.12 bits per heavy atom. The molecule has 130 valence electrons. The zero-order chi connectivity index (χ0) is 17.8. The molecule has 2 rings (SSSR count). The smallest absolute Gasteiger partial charge is 0.222 e. The van der Waals surface area contributed by atoms with Crippen LogP contribution < -0.4 is 11.1 Å². The summed E-state index contributed by atoms with van der Waals surface area (Å²) in [5.41, 5.74) is 8.08. The Labute approximate surface area is 145 Å². The van der Waals surface area contributed by atoms with E-state index in [4.69, 9.17) is 5.73 Å². The van der Waals surface area contributed by atoms with Gasteiger partial charge in [0, 0.05) is 30.6 Å². The SMILES string of the molecule is CCC(C)(C)CC(C)(C)CNc1cc(-c2cccnc2)nc(N)n1. The van der Waals surface area contributed by atoms with Crippen LogP contribution in [0.3, 0.4) is 0 Å². The molecule has 5 nitrogen and oxygen atoms in total. The number of anilines is 2. The standard InChI is InChI=1S/C19H29N5/c1-6-18(2,3)12-19(4,5)13-22-16-10-15(23-17(20)24-16)14-8-7-9-21-11-14/h7-11H,6,12-13H2,1-5H3,(H3,20,22,23,24). The third-order valence-corrected chi connectivity index (χ3v) is 4.36. The summed E-state index contributed by atoms with van der Waals surface area (Å²) in [6.45, 7) is 12.3. The highest BCUT2D eigenvalue weighted by Gasteiger charge is 2.27. The van der Waals surface area contributed by atoms with Crippen molar-refractivity contribution in [3.05, 3.63) is 30.6 Å². The summed E-state index contributed by atoms with van der Waals surface area (Å²) in [5.74, 6) is 1.02. The van der Waals surface area contributed by atoms with Gasteiger partial charge in [0.1, 0.15) is 5.82 Å². The molecule has 24 heavy (non-hydrogen) atoms. The van der Waals surface area contributed by atoms with Gasteiger partial charge >= 0.3 is 0 Å². The molecular formula is C19H29N5. The van der Waals surface area contributed by atoms with Crippen LogP contribution in [0.25, 0.3) is 11.3 Å². The van der Waals surface area contributed by atoms with Crippen LogP contribution in [0.15, 0.2) is 30.6 Å². The quantitative estimate of drug-likeness (QED) is 0.789. The van der Waals surface area contributed by atoms with Crippen LogP contribution in [0.4, 0.5) is 11.8 Å². The number of nitrogen functional groups attached to an aromatic ring is 1. The second-order valence-electron chi connectivity index (χ2n) is 7.95. The zero-order valence-corrected chi connectivity index (χ0v) is 15.4. The Hall–Kier alpha value is -2.17. The fraction of sp³-hybridized carbons (Fsp3) is 0.526. The number of nitrogens with zero attached hydrogens (tertiary/aromatic N) is 3. The second kappa shape index (κ2) is 7.16. The first-order valence-electron chi connectivity index (χ1n) is 8.50. The highest BCUT2D eigenvalue weighted by molar-refractivity contribution is 5.63. The molecule has 0 aliphatic carbocycles. The number of aromatic nitrogens is 3. The first-order chi connectivity index (χ1) is 11.2. The van der Waals surface area contributed by atoms with Gasteiger partial charge in [-0.05, 0) is 29.4 Å². The van der Waals surface area contributed by atoms with E-state index < -0.39 is 0 Å². The van der Waals surface area contributed by atoms with Gasteiger partial charge in [-0.2, -0.15) is 4.98 Å². The molecular weight excluding hydrogens is 298 g/mol. The van der Waals surface area contributed by atoms with Crippen molar-refractivity contribution in [2.75, 3.05) is 17.6 Å². The molecule has 0 bridgehead atoms. The largest absolute Gasteiger partial charge is 0.369 e. The van der Waals surface area contributed by atoms with E-state index in [1.165, 1.54) is 6.42 Å². The lowest BCUT2D eigenvalue weighted by atomic mass is 9.73. The number of nitrogens with two attached hydrogens (primary N) is 1. The molecule has 2 aromatic rings. The third-order valence-electron chi connectivity index (χ3n) is 4.36. The molecule has 0 saturated heterocycles. The fourth-order valence-corrected chi connectivity index (χ4v) is 3.03. The van der Waals surface area contributed by atoms with E-state index in [-0.39, 0.29) is 11.4 Å². The Bertz CT molecular complexity index is 665. The molecule has 0 aliphatic heterocycles. The van der Waals surface area contributed by atoms with E-state index in [9.17, 15) is 0 Å². The van der Waals surface area contributed by atoms with Crippen LogP contribution in [0.5, 0.6) is 0 Å².